The lowest BCUT2D eigenvalue weighted by Crippen LogP contribution is -1.81. The Morgan fingerprint density at radius 3 is 2.33 bits per heavy atom. The van der Waals surface area contributed by atoms with E-state index < -0.39 is 0 Å². The van der Waals surface area contributed by atoms with Gasteiger partial charge in [-0.05, 0) is 12.1 Å². The van der Waals surface area contributed by atoms with Crippen molar-refractivity contribution in [3.8, 4) is 17.0 Å². The van der Waals surface area contributed by atoms with Crippen molar-refractivity contribution in [2.75, 3.05) is 0 Å². The number of nitrogens with one attached hydrogen (secondary N) is 1. The second-order valence-electron chi connectivity index (χ2n) is 4.09. The van der Waals surface area contributed by atoms with Crippen LogP contribution >= 0.6 is 0 Å². The van der Waals surface area contributed by atoms with Gasteiger partial charge in [0.25, 0.3) is 0 Å². The quantitative estimate of drug-likeness (QED) is 0.671. The summed E-state index contributed by atoms with van der Waals surface area (Å²) in [5.74, 6) is 0.196. The molecule has 0 aliphatic rings. The maximum atomic E-state index is 11.1. The molecule has 2 aromatic carbocycles. The molecule has 0 unspecified atom stereocenters. The zero-order valence-electron chi connectivity index (χ0n) is 9.55. The highest BCUT2D eigenvalue weighted by Crippen LogP contribution is 2.34. The Morgan fingerprint density at radius 2 is 1.61 bits per heavy atom. The van der Waals surface area contributed by atoms with Gasteiger partial charge >= 0.3 is 0 Å². The van der Waals surface area contributed by atoms with Crippen LogP contribution in [0.3, 0.4) is 0 Å². The summed E-state index contributed by atoms with van der Waals surface area (Å²) in [6, 6.07) is 14.7. The number of hydrogen-bond acceptors (Lipinski definition) is 2. The van der Waals surface area contributed by atoms with Gasteiger partial charge in [0.2, 0.25) is 0 Å². The van der Waals surface area contributed by atoms with Crippen molar-refractivity contribution in [3.05, 3.63) is 54.2 Å². The standard InChI is InChI=1S/C15H11NO2/c17-9-13-10-5-1-2-6-11(10)15(16-13)12-7-3-4-8-14(12)18/h1-9,16,18H. The summed E-state index contributed by atoms with van der Waals surface area (Å²) >= 11 is 0. The van der Waals surface area contributed by atoms with Gasteiger partial charge in [0.15, 0.2) is 6.29 Å². The van der Waals surface area contributed by atoms with Crippen LogP contribution in [-0.2, 0) is 0 Å². The van der Waals surface area contributed by atoms with E-state index in [4.69, 9.17) is 0 Å². The summed E-state index contributed by atoms with van der Waals surface area (Å²) in [4.78, 5) is 14.1. The molecule has 3 rings (SSSR count). The molecular weight excluding hydrogens is 226 g/mol. The number of fused-ring (bicyclic) bond motifs is 1. The molecule has 1 heterocycles. The summed E-state index contributed by atoms with van der Waals surface area (Å²) in [7, 11) is 0. The molecule has 88 valence electrons. The largest absolute Gasteiger partial charge is 0.507 e. The minimum absolute atomic E-state index is 0.196. The fourth-order valence-corrected chi connectivity index (χ4v) is 2.20. The molecule has 18 heavy (non-hydrogen) atoms. The van der Waals surface area contributed by atoms with Gasteiger partial charge in [-0.2, -0.15) is 0 Å². The number of phenols is 1. The number of H-pyrrole nitrogens is 1. The van der Waals surface area contributed by atoms with E-state index in [1.54, 1.807) is 12.1 Å². The van der Waals surface area contributed by atoms with Crippen molar-refractivity contribution >= 4 is 17.1 Å². The van der Waals surface area contributed by atoms with Gasteiger partial charge in [0.1, 0.15) is 5.75 Å². The molecule has 0 fully saturated rings. The molecule has 0 amide bonds. The lowest BCUT2D eigenvalue weighted by molar-refractivity contribution is 0.112. The van der Waals surface area contributed by atoms with E-state index in [-0.39, 0.29) is 5.75 Å². The first kappa shape index (κ1) is 10.6. The minimum Gasteiger partial charge on any atom is -0.507 e. The topological polar surface area (TPSA) is 53.1 Å². The number of carbonyl (C=O) groups is 1. The van der Waals surface area contributed by atoms with Crippen molar-refractivity contribution in [2.24, 2.45) is 0 Å². The first-order valence-electron chi connectivity index (χ1n) is 5.65. The predicted octanol–water partition coefficient (Wildman–Crippen LogP) is 3.35. The number of aromatic nitrogens is 1. The Balaban J connectivity index is 2.37. The molecule has 0 atom stereocenters. The van der Waals surface area contributed by atoms with Crippen LogP contribution in [0.15, 0.2) is 48.5 Å². The van der Waals surface area contributed by atoms with E-state index in [0.717, 1.165) is 22.8 Å². The number of aromatic hydroxyl groups is 1. The third-order valence-corrected chi connectivity index (χ3v) is 3.04. The Bertz CT molecular complexity index is 728. The van der Waals surface area contributed by atoms with Crippen molar-refractivity contribution in [1.82, 2.24) is 4.98 Å². The van der Waals surface area contributed by atoms with E-state index in [2.05, 4.69) is 4.98 Å². The van der Waals surface area contributed by atoms with Crippen LogP contribution in [0.25, 0.3) is 22.0 Å². The van der Waals surface area contributed by atoms with Gasteiger partial charge in [-0.15, -0.1) is 0 Å². The molecule has 3 heteroatoms. The van der Waals surface area contributed by atoms with E-state index in [1.807, 2.05) is 36.4 Å². The fraction of sp³-hybridized carbons (Fsp3) is 0. The van der Waals surface area contributed by atoms with Crippen molar-refractivity contribution in [1.29, 1.82) is 0 Å². The highest BCUT2D eigenvalue weighted by molar-refractivity contribution is 6.05. The van der Waals surface area contributed by atoms with E-state index in [1.165, 1.54) is 0 Å². The fourth-order valence-electron chi connectivity index (χ4n) is 2.20. The summed E-state index contributed by atoms with van der Waals surface area (Å²) in [5, 5.41) is 11.7. The normalized spacial score (nSPS) is 10.7. The van der Waals surface area contributed by atoms with Crippen LogP contribution in [0.4, 0.5) is 0 Å². The van der Waals surface area contributed by atoms with Crippen LogP contribution in [-0.4, -0.2) is 16.4 Å². The van der Waals surface area contributed by atoms with Crippen LogP contribution in [0, 0.1) is 0 Å². The zero-order valence-corrected chi connectivity index (χ0v) is 9.55. The molecule has 2 N–H and O–H groups in total. The third kappa shape index (κ3) is 1.49. The Morgan fingerprint density at radius 1 is 0.944 bits per heavy atom. The monoisotopic (exact) mass is 237 g/mol. The number of benzene rings is 2. The second-order valence-corrected chi connectivity index (χ2v) is 4.09. The molecule has 0 bridgehead atoms. The number of para-hydroxylation sites is 1. The third-order valence-electron chi connectivity index (χ3n) is 3.04. The van der Waals surface area contributed by atoms with E-state index >= 15 is 0 Å². The highest BCUT2D eigenvalue weighted by Gasteiger charge is 2.12. The zero-order chi connectivity index (χ0) is 12.5. The second kappa shape index (κ2) is 4.04. The van der Waals surface area contributed by atoms with Crippen molar-refractivity contribution in [2.45, 2.75) is 0 Å². The van der Waals surface area contributed by atoms with Gasteiger partial charge in [0.05, 0.1) is 11.4 Å². The van der Waals surface area contributed by atoms with Gasteiger partial charge in [0, 0.05) is 16.3 Å². The average molecular weight is 237 g/mol. The predicted molar refractivity (Wildman–Crippen MR) is 70.8 cm³/mol. The lowest BCUT2D eigenvalue weighted by atomic mass is 10.1. The summed E-state index contributed by atoms with van der Waals surface area (Å²) in [5.41, 5.74) is 2.00. The Hall–Kier alpha value is -2.55. The van der Waals surface area contributed by atoms with Crippen LogP contribution in [0.1, 0.15) is 10.5 Å². The smallest absolute Gasteiger partial charge is 0.166 e. The summed E-state index contributed by atoms with van der Waals surface area (Å²) in [6.07, 6.45) is 0.797. The summed E-state index contributed by atoms with van der Waals surface area (Å²) < 4.78 is 0. The van der Waals surface area contributed by atoms with Gasteiger partial charge < -0.3 is 10.1 Å². The molecular formula is C15H11NO2. The maximum absolute atomic E-state index is 11.1. The van der Waals surface area contributed by atoms with Crippen LogP contribution < -0.4 is 0 Å². The molecule has 1 aromatic heterocycles. The SMILES string of the molecule is O=Cc1[nH]c(-c2ccccc2O)c2ccccc12. The van der Waals surface area contributed by atoms with Crippen molar-refractivity contribution < 1.29 is 9.90 Å². The summed E-state index contributed by atoms with van der Waals surface area (Å²) in [6.45, 7) is 0. The first-order valence-corrected chi connectivity index (χ1v) is 5.65. The van der Waals surface area contributed by atoms with Gasteiger partial charge in [-0.25, -0.2) is 0 Å². The first-order chi connectivity index (χ1) is 8.81. The number of hydrogen-bond donors (Lipinski definition) is 2. The van der Waals surface area contributed by atoms with E-state index in [9.17, 15) is 9.90 Å². The number of rotatable bonds is 2. The van der Waals surface area contributed by atoms with E-state index in [0.29, 0.717) is 11.3 Å². The molecule has 0 aliphatic carbocycles. The molecule has 0 radical (unpaired) electrons. The van der Waals surface area contributed by atoms with Crippen LogP contribution in [0.2, 0.25) is 0 Å². The number of carbonyl (C=O) groups excluding carboxylic acids is 1. The molecule has 3 aromatic rings. The number of phenolic OH excluding ortho intramolecular Hbond substituents is 1. The maximum Gasteiger partial charge on any atom is 0.166 e. The molecule has 0 spiro atoms. The molecule has 0 aliphatic heterocycles. The molecule has 0 saturated carbocycles. The number of aldehydes is 1. The van der Waals surface area contributed by atoms with Crippen LogP contribution in [0.5, 0.6) is 5.75 Å². The van der Waals surface area contributed by atoms with Gasteiger partial charge in [-0.1, -0.05) is 36.4 Å². The lowest BCUT2D eigenvalue weighted by Gasteiger charge is -2.02. The minimum atomic E-state index is 0.196. The van der Waals surface area contributed by atoms with Crippen molar-refractivity contribution in [3.63, 3.8) is 0 Å². The molecule has 0 saturated heterocycles. The Labute approximate surface area is 104 Å². The molecule has 3 nitrogen and oxygen atoms in total. The highest BCUT2D eigenvalue weighted by atomic mass is 16.3. The Kier molecular flexibility index (Phi) is 2.38. The average Bonchev–Trinajstić information content (AvgIpc) is 2.78. The number of aromatic amines is 1. The van der Waals surface area contributed by atoms with Gasteiger partial charge in [-0.3, -0.25) is 4.79 Å².